The highest BCUT2D eigenvalue weighted by atomic mass is 32.1. The minimum atomic E-state index is 0.0928. The van der Waals surface area contributed by atoms with Crippen LogP contribution in [0.4, 0.5) is 0 Å². The molecule has 0 aromatic carbocycles. The molecule has 1 N–H and O–H groups in total. The second-order valence-corrected chi connectivity index (χ2v) is 4.67. The average Bonchev–Trinajstić information content (AvgIpc) is 2.65. The summed E-state index contributed by atoms with van der Waals surface area (Å²) in [5, 5.41) is 4.24. The third-order valence-corrected chi connectivity index (χ3v) is 3.12. The fraction of sp³-hybridized carbons (Fsp3) is 0.600. The quantitative estimate of drug-likeness (QED) is 0.812. The summed E-state index contributed by atoms with van der Waals surface area (Å²) in [6.07, 6.45) is 2.85. The Morgan fingerprint density at radius 3 is 2.87 bits per heavy atom. The number of amides is 1. The molecule has 0 radical (unpaired) electrons. The van der Waals surface area contributed by atoms with E-state index in [1.165, 1.54) is 4.88 Å². The zero-order valence-corrected chi connectivity index (χ0v) is 10.2. The lowest BCUT2D eigenvalue weighted by atomic mass is 10.5. The molecule has 1 aromatic rings. The van der Waals surface area contributed by atoms with Crippen molar-refractivity contribution in [2.45, 2.75) is 19.9 Å². The zero-order chi connectivity index (χ0) is 11.3. The topological polar surface area (TPSA) is 45.2 Å². The van der Waals surface area contributed by atoms with Crippen LogP contribution in [-0.2, 0) is 17.8 Å². The number of hydrogen-bond donors (Lipinski definition) is 1. The first-order chi connectivity index (χ1) is 7.13. The van der Waals surface area contributed by atoms with Gasteiger partial charge in [0, 0.05) is 31.7 Å². The molecule has 15 heavy (non-hydrogen) atoms. The fourth-order valence-electron chi connectivity index (χ4n) is 1.04. The first-order valence-corrected chi connectivity index (χ1v) is 5.79. The maximum Gasteiger partial charge on any atom is 0.236 e. The Morgan fingerprint density at radius 2 is 2.33 bits per heavy atom. The van der Waals surface area contributed by atoms with Crippen LogP contribution in [0.1, 0.15) is 16.8 Å². The highest BCUT2D eigenvalue weighted by Crippen LogP contribution is 2.12. The van der Waals surface area contributed by atoms with Gasteiger partial charge in [0.05, 0.1) is 11.6 Å². The Balaban J connectivity index is 2.28. The lowest BCUT2D eigenvalue weighted by Gasteiger charge is -2.09. The van der Waals surface area contributed by atoms with Crippen molar-refractivity contribution in [2.24, 2.45) is 0 Å². The van der Waals surface area contributed by atoms with Gasteiger partial charge in [-0.15, -0.1) is 11.3 Å². The number of aromatic nitrogens is 1. The van der Waals surface area contributed by atoms with E-state index in [9.17, 15) is 4.79 Å². The summed E-state index contributed by atoms with van der Waals surface area (Å²) in [6.45, 7) is 3.19. The molecule has 1 rings (SSSR count). The summed E-state index contributed by atoms with van der Waals surface area (Å²) >= 11 is 1.69. The number of aryl methyl sites for hydroxylation is 1. The summed E-state index contributed by atoms with van der Waals surface area (Å²) in [4.78, 5) is 18.3. The molecule has 0 aliphatic rings. The maximum atomic E-state index is 11.2. The van der Waals surface area contributed by atoms with E-state index < -0.39 is 0 Å². The summed E-state index contributed by atoms with van der Waals surface area (Å²) in [5.74, 6) is 0.0928. The molecule has 0 unspecified atom stereocenters. The molecule has 5 heteroatoms. The van der Waals surface area contributed by atoms with Crippen molar-refractivity contribution < 1.29 is 4.79 Å². The van der Waals surface area contributed by atoms with E-state index in [1.807, 2.05) is 6.20 Å². The molecule has 0 aliphatic carbocycles. The molecule has 0 bridgehead atoms. The molecule has 0 saturated heterocycles. The first kappa shape index (κ1) is 12.1. The molecular weight excluding hydrogens is 210 g/mol. The molecule has 0 saturated carbocycles. The Bertz CT molecular complexity index is 322. The Hall–Kier alpha value is -0.940. The number of hydrogen-bond acceptors (Lipinski definition) is 4. The van der Waals surface area contributed by atoms with Gasteiger partial charge in [0.25, 0.3) is 0 Å². The van der Waals surface area contributed by atoms with Crippen LogP contribution in [-0.4, -0.2) is 36.4 Å². The molecular formula is C10H17N3OS. The van der Waals surface area contributed by atoms with E-state index in [0.29, 0.717) is 6.54 Å². The van der Waals surface area contributed by atoms with Crippen LogP contribution >= 0.6 is 11.3 Å². The maximum absolute atomic E-state index is 11.2. The van der Waals surface area contributed by atoms with E-state index >= 15 is 0 Å². The van der Waals surface area contributed by atoms with Gasteiger partial charge in [0.1, 0.15) is 0 Å². The Kier molecular flexibility index (Phi) is 4.71. The van der Waals surface area contributed by atoms with Crippen molar-refractivity contribution in [2.75, 3.05) is 20.6 Å². The number of nitrogens with one attached hydrogen (secondary N) is 1. The average molecular weight is 227 g/mol. The van der Waals surface area contributed by atoms with Gasteiger partial charge < -0.3 is 10.2 Å². The normalized spacial score (nSPS) is 10.3. The summed E-state index contributed by atoms with van der Waals surface area (Å²) < 4.78 is 0. The van der Waals surface area contributed by atoms with Crippen molar-refractivity contribution in [1.29, 1.82) is 0 Å². The highest BCUT2D eigenvalue weighted by Gasteiger charge is 2.04. The third kappa shape index (κ3) is 3.97. The third-order valence-electron chi connectivity index (χ3n) is 1.98. The number of thiazole rings is 1. The molecule has 1 aromatic heterocycles. The number of nitrogens with zero attached hydrogens (tertiary/aromatic N) is 2. The summed E-state index contributed by atoms with van der Waals surface area (Å²) in [6, 6.07) is 0. The van der Waals surface area contributed by atoms with Gasteiger partial charge in [-0.05, 0) is 6.42 Å². The van der Waals surface area contributed by atoms with Crippen molar-refractivity contribution in [1.82, 2.24) is 15.2 Å². The van der Waals surface area contributed by atoms with E-state index in [4.69, 9.17) is 0 Å². The Labute approximate surface area is 94.3 Å². The van der Waals surface area contributed by atoms with Gasteiger partial charge >= 0.3 is 0 Å². The smallest absolute Gasteiger partial charge is 0.236 e. The van der Waals surface area contributed by atoms with Gasteiger partial charge in [-0.1, -0.05) is 6.92 Å². The van der Waals surface area contributed by atoms with Crippen molar-refractivity contribution in [3.63, 3.8) is 0 Å². The number of likely N-dealkylation sites (N-methyl/N-ethyl adjacent to an activating group) is 1. The molecule has 1 heterocycles. The van der Waals surface area contributed by atoms with Crippen LogP contribution in [0.15, 0.2) is 6.20 Å². The van der Waals surface area contributed by atoms with Gasteiger partial charge in [-0.3, -0.25) is 4.79 Å². The number of carbonyl (C=O) groups is 1. The number of carbonyl (C=O) groups excluding carboxylic acids is 1. The van der Waals surface area contributed by atoms with E-state index in [1.54, 1.807) is 30.3 Å². The molecule has 1 amide bonds. The summed E-state index contributed by atoms with van der Waals surface area (Å²) in [7, 11) is 3.51. The highest BCUT2D eigenvalue weighted by molar-refractivity contribution is 7.11. The number of rotatable bonds is 5. The largest absolute Gasteiger partial charge is 0.348 e. The van der Waals surface area contributed by atoms with Crippen LogP contribution in [0, 0.1) is 0 Å². The van der Waals surface area contributed by atoms with Crippen molar-refractivity contribution in [3.8, 4) is 0 Å². The summed E-state index contributed by atoms with van der Waals surface area (Å²) in [5.41, 5.74) is 0. The minimum Gasteiger partial charge on any atom is -0.348 e. The van der Waals surface area contributed by atoms with Crippen molar-refractivity contribution in [3.05, 3.63) is 16.1 Å². The van der Waals surface area contributed by atoms with Gasteiger partial charge in [0.2, 0.25) is 5.91 Å². The van der Waals surface area contributed by atoms with Crippen LogP contribution < -0.4 is 5.32 Å². The molecule has 0 atom stereocenters. The molecule has 0 aliphatic heterocycles. The lowest BCUT2D eigenvalue weighted by molar-refractivity contribution is -0.127. The molecule has 0 fully saturated rings. The predicted molar refractivity (Wildman–Crippen MR) is 61.9 cm³/mol. The van der Waals surface area contributed by atoms with Crippen LogP contribution in [0.3, 0.4) is 0 Å². The zero-order valence-electron chi connectivity index (χ0n) is 9.41. The van der Waals surface area contributed by atoms with Crippen LogP contribution in [0.5, 0.6) is 0 Å². The standard InChI is InChI=1S/C10H17N3OS/c1-4-9-12-6-8(15-9)5-11-7-10(14)13(2)3/h6,11H,4-5,7H2,1-3H3. The van der Waals surface area contributed by atoms with E-state index in [-0.39, 0.29) is 5.91 Å². The minimum absolute atomic E-state index is 0.0928. The molecule has 0 spiro atoms. The van der Waals surface area contributed by atoms with Gasteiger partial charge in [0.15, 0.2) is 0 Å². The second kappa shape index (κ2) is 5.82. The second-order valence-electron chi connectivity index (χ2n) is 3.47. The Morgan fingerprint density at radius 1 is 1.60 bits per heavy atom. The van der Waals surface area contributed by atoms with E-state index in [2.05, 4.69) is 17.2 Å². The monoisotopic (exact) mass is 227 g/mol. The first-order valence-electron chi connectivity index (χ1n) is 4.98. The SMILES string of the molecule is CCc1ncc(CNCC(=O)N(C)C)s1. The van der Waals surface area contributed by atoms with Crippen LogP contribution in [0.25, 0.3) is 0 Å². The molecule has 4 nitrogen and oxygen atoms in total. The molecule has 84 valence electrons. The lowest BCUT2D eigenvalue weighted by Crippen LogP contribution is -2.32. The fourth-order valence-corrected chi connectivity index (χ4v) is 1.88. The van der Waals surface area contributed by atoms with Crippen LogP contribution in [0.2, 0.25) is 0 Å². The predicted octanol–water partition coefficient (Wildman–Crippen LogP) is 0.883. The van der Waals surface area contributed by atoms with E-state index in [0.717, 1.165) is 18.0 Å². The van der Waals surface area contributed by atoms with Crippen molar-refractivity contribution >= 4 is 17.2 Å². The van der Waals surface area contributed by atoms with Gasteiger partial charge in [-0.2, -0.15) is 0 Å². The van der Waals surface area contributed by atoms with Gasteiger partial charge in [-0.25, -0.2) is 4.98 Å².